The number of piperazine rings is 1. The lowest BCUT2D eigenvalue weighted by Crippen LogP contribution is -2.50. The number of amides is 1. The second-order valence-electron chi connectivity index (χ2n) is 5.44. The van der Waals surface area contributed by atoms with Crippen LogP contribution in [-0.4, -0.2) is 61.1 Å². The molecule has 2 aliphatic rings. The number of carbonyl (C=O) groups is 1. The third-order valence-corrected chi connectivity index (χ3v) is 3.88. The Balaban J connectivity index is 1.74. The molecule has 0 bridgehead atoms. The molecule has 0 saturated carbocycles. The molecule has 98 valence electrons. The van der Waals surface area contributed by atoms with Crippen molar-refractivity contribution in [3.05, 3.63) is 0 Å². The van der Waals surface area contributed by atoms with Crippen LogP contribution >= 0.6 is 0 Å². The smallest absolute Gasteiger partial charge is 0.223 e. The van der Waals surface area contributed by atoms with Crippen LogP contribution < -0.4 is 0 Å². The first-order chi connectivity index (χ1) is 8.16. The first kappa shape index (κ1) is 12.8. The summed E-state index contributed by atoms with van der Waals surface area (Å²) < 4.78 is 5.31. The van der Waals surface area contributed by atoms with E-state index in [9.17, 15) is 4.79 Å². The second-order valence-corrected chi connectivity index (χ2v) is 5.44. The molecule has 2 rings (SSSR count). The Hall–Kier alpha value is -0.610. The first-order valence-corrected chi connectivity index (χ1v) is 6.76. The number of ether oxygens (including phenoxy) is 1. The zero-order valence-electron chi connectivity index (χ0n) is 11.0. The van der Waals surface area contributed by atoms with Crippen LogP contribution in [0.2, 0.25) is 0 Å². The predicted octanol–water partition coefficient (Wildman–Crippen LogP) is 0.966. The standard InChI is InChI=1S/C13H24N2O2/c1-11(2)14-4-6-15(7-5-14)13(16)9-12-3-8-17-10-12/h11-12H,3-10H2,1-2H3. The van der Waals surface area contributed by atoms with Gasteiger partial charge in [0.25, 0.3) is 0 Å². The normalized spacial score (nSPS) is 26.8. The molecule has 0 N–H and O–H groups in total. The van der Waals surface area contributed by atoms with Crippen molar-refractivity contribution in [1.29, 1.82) is 0 Å². The molecule has 2 fully saturated rings. The zero-order chi connectivity index (χ0) is 12.3. The van der Waals surface area contributed by atoms with E-state index in [4.69, 9.17) is 4.74 Å². The molecule has 0 aromatic heterocycles. The highest BCUT2D eigenvalue weighted by atomic mass is 16.5. The Kier molecular flexibility index (Phi) is 4.40. The van der Waals surface area contributed by atoms with Gasteiger partial charge in [0.05, 0.1) is 0 Å². The van der Waals surface area contributed by atoms with E-state index in [1.165, 1.54) is 0 Å². The van der Waals surface area contributed by atoms with Crippen LogP contribution in [0.25, 0.3) is 0 Å². The van der Waals surface area contributed by atoms with E-state index in [1.54, 1.807) is 0 Å². The molecule has 0 radical (unpaired) electrons. The summed E-state index contributed by atoms with van der Waals surface area (Å²) in [4.78, 5) is 16.5. The van der Waals surface area contributed by atoms with Gasteiger partial charge >= 0.3 is 0 Å². The van der Waals surface area contributed by atoms with E-state index in [-0.39, 0.29) is 0 Å². The molecule has 1 unspecified atom stereocenters. The van der Waals surface area contributed by atoms with E-state index in [0.29, 0.717) is 24.3 Å². The molecule has 2 saturated heterocycles. The molecule has 0 aliphatic carbocycles. The minimum Gasteiger partial charge on any atom is -0.381 e. The lowest BCUT2D eigenvalue weighted by atomic mass is 10.0. The molecule has 4 nitrogen and oxygen atoms in total. The summed E-state index contributed by atoms with van der Waals surface area (Å²) in [6.07, 6.45) is 1.74. The number of carbonyl (C=O) groups excluding carboxylic acids is 1. The third kappa shape index (κ3) is 3.42. The number of hydrogen-bond donors (Lipinski definition) is 0. The van der Waals surface area contributed by atoms with Gasteiger partial charge in [-0.3, -0.25) is 9.69 Å². The van der Waals surface area contributed by atoms with Gasteiger partial charge in [0, 0.05) is 51.9 Å². The van der Waals surface area contributed by atoms with Crippen LogP contribution in [0.3, 0.4) is 0 Å². The van der Waals surface area contributed by atoms with Crippen LogP contribution in [0, 0.1) is 5.92 Å². The largest absolute Gasteiger partial charge is 0.381 e. The van der Waals surface area contributed by atoms with Crippen molar-refractivity contribution in [3.63, 3.8) is 0 Å². The maximum atomic E-state index is 12.1. The van der Waals surface area contributed by atoms with E-state index in [0.717, 1.165) is 45.8 Å². The Morgan fingerprint density at radius 1 is 1.29 bits per heavy atom. The Morgan fingerprint density at radius 3 is 2.53 bits per heavy atom. The van der Waals surface area contributed by atoms with E-state index >= 15 is 0 Å². The molecular weight excluding hydrogens is 216 g/mol. The van der Waals surface area contributed by atoms with Gasteiger partial charge < -0.3 is 9.64 Å². The van der Waals surface area contributed by atoms with Gasteiger partial charge in [-0.25, -0.2) is 0 Å². The molecule has 1 atom stereocenters. The summed E-state index contributed by atoms with van der Waals surface area (Å²) in [5.74, 6) is 0.787. The highest BCUT2D eigenvalue weighted by Crippen LogP contribution is 2.18. The molecule has 4 heteroatoms. The lowest BCUT2D eigenvalue weighted by Gasteiger charge is -2.37. The van der Waals surface area contributed by atoms with Crippen LogP contribution in [0.4, 0.5) is 0 Å². The highest BCUT2D eigenvalue weighted by molar-refractivity contribution is 5.76. The van der Waals surface area contributed by atoms with E-state index in [1.807, 2.05) is 4.90 Å². The molecular formula is C13H24N2O2. The summed E-state index contributed by atoms with van der Waals surface area (Å²) in [7, 11) is 0. The van der Waals surface area contributed by atoms with Crippen molar-refractivity contribution in [1.82, 2.24) is 9.80 Å². The molecule has 17 heavy (non-hydrogen) atoms. The van der Waals surface area contributed by atoms with Crippen molar-refractivity contribution in [3.8, 4) is 0 Å². The van der Waals surface area contributed by atoms with Crippen LogP contribution in [0.15, 0.2) is 0 Å². The summed E-state index contributed by atoms with van der Waals surface area (Å²) in [6, 6.07) is 0.593. The number of nitrogens with zero attached hydrogens (tertiary/aromatic N) is 2. The maximum absolute atomic E-state index is 12.1. The van der Waals surface area contributed by atoms with Gasteiger partial charge in [0.15, 0.2) is 0 Å². The van der Waals surface area contributed by atoms with Crippen LogP contribution in [0.5, 0.6) is 0 Å². The van der Waals surface area contributed by atoms with Gasteiger partial charge in [-0.2, -0.15) is 0 Å². The quantitative estimate of drug-likeness (QED) is 0.737. The fourth-order valence-electron chi connectivity index (χ4n) is 2.61. The van der Waals surface area contributed by atoms with Crippen LogP contribution in [-0.2, 0) is 9.53 Å². The topological polar surface area (TPSA) is 32.8 Å². The molecule has 0 spiro atoms. The SMILES string of the molecule is CC(C)N1CCN(C(=O)CC2CCOC2)CC1. The van der Waals surface area contributed by atoms with E-state index in [2.05, 4.69) is 18.7 Å². The Morgan fingerprint density at radius 2 is 2.00 bits per heavy atom. The van der Waals surface area contributed by atoms with Crippen molar-refractivity contribution in [2.24, 2.45) is 5.92 Å². The molecule has 0 aromatic rings. The summed E-state index contributed by atoms with van der Waals surface area (Å²) in [5, 5.41) is 0. The minimum absolute atomic E-state index is 0.323. The second kappa shape index (κ2) is 5.83. The Labute approximate surface area is 104 Å². The summed E-state index contributed by atoms with van der Waals surface area (Å²) >= 11 is 0. The highest BCUT2D eigenvalue weighted by Gasteiger charge is 2.25. The van der Waals surface area contributed by atoms with Gasteiger partial charge in [-0.1, -0.05) is 0 Å². The molecule has 0 aromatic carbocycles. The average Bonchev–Trinajstić information content (AvgIpc) is 2.82. The van der Waals surface area contributed by atoms with Gasteiger partial charge in [-0.05, 0) is 26.2 Å². The Bertz CT molecular complexity index is 254. The molecule has 2 heterocycles. The predicted molar refractivity (Wildman–Crippen MR) is 66.8 cm³/mol. The van der Waals surface area contributed by atoms with Crippen molar-refractivity contribution in [2.45, 2.75) is 32.7 Å². The van der Waals surface area contributed by atoms with Crippen molar-refractivity contribution < 1.29 is 9.53 Å². The lowest BCUT2D eigenvalue weighted by molar-refractivity contribution is -0.134. The monoisotopic (exact) mass is 240 g/mol. The number of rotatable bonds is 3. The summed E-state index contributed by atoms with van der Waals surface area (Å²) in [6.45, 7) is 9.86. The van der Waals surface area contributed by atoms with Crippen molar-refractivity contribution >= 4 is 5.91 Å². The first-order valence-electron chi connectivity index (χ1n) is 6.76. The third-order valence-electron chi connectivity index (χ3n) is 3.88. The molecule has 1 amide bonds. The van der Waals surface area contributed by atoms with Gasteiger partial charge in [-0.15, -0.1) is 0 Å². The minimum atomic E-state index is 0.323. The van der Waals surface area contributed by atoms with Crippen molar-refractivity contribution in [2.75, 3.05) is 39.4 Å². The summed E-state index contributed by atoms with van der Waals surface area (Å²) in [5.41, 5.74) is 0. The van der Waals surface area contributed by atoms with Gasteiger partial charge in [0.2, 0.25) is 5.91 Å². The molecule has 2 aliphatic heterocycles. The number of hydrogen-bond acceptors (Lipinski definition) is 3. The van der Waals surface area contributed by atoms with E-state index < -0.39 is 0 Å². The fourth-order valence-corrected chi connectivity index (χ4v) is 2.61. The zero-order valence-corrected chi connectivity index (χ0v) is 11.0. The maximum Gasteiger partial charge on any atom is 0.223 e. The average molecular weight is 240 g/mol. The van der Waals surface area contributed by atoms with Crippen LogP contribution in [0.1, 0.15) is 26.7 Å². The van der Waals surface area contributed by atoms with Gasteiger partial charge in [0.1, 0.15) is 0 Å². The fraction of sp³-hybridized carbons (Fsp3) is 0.923.